The van der Waals surface area contributed by atoms with Gasteiger partial charge in [0.15, 0.2) is 0 Å². The van der Waals surface area contributed by atoms with Crippen LogP contribution < -0.4 is 16.0 Å². The van der Waals surface area contributed by atoms with Crippen molar-refractivity contribution in [1.29, 1.82) is 0 Å². The number of anilines is 1. The molecule has 0 aliphatic rings. The lowest BCUT2D eigenvalue weighted by molar-refractivity contribution is -0.192. The Bertz CT molecular complexity index is 977. The van der Waals surface area contributed by atoms with E-state index in [1.807, 2.05) is 18.2 Å². The predicted molar refractivity (Wildman–Crippen MR) is 120 cm³/mol. The van der Waals surface area contributed by atoms with Crippen molar-refractivity contribution in [2.24, 2.45) is 0 Å². The number of halogens is 3. The van der Waals surface area contributed by atoms with E-state index in [1.54, 1.807) is 36.5 Å². The van der Waals surface area contributed by atoms with Crippen LogP contribution >= 0.6 is 0 Å². The minimum Gasteiger partial charge on any atom is -0.481 e. The lowest BCUT2D eigenvalue weighted by Gasteiger charge is -2.17. The highest BCUT2D eigenvalue weighted by Gasteiger charge is 2.38. The van der Waals surface area contributed by atoms with Crippen molar-refractivity contribution in [2.75, 3.05) is 25.0 Å². The monoisotopic (exact) mass is 514 g/mol. The molecule has 0 aliphatic carbocycles. The second-order valence-electron chi connectivity index (χ2n) is 6.92. The maximum Gasteiger partial charge on any atom is 0.490 e. The van der Waals surface area contributed by atoms with Crippen molar-refractivity contribution in [3.05, 3.63) is 60.3 Å². The molecule has 0 spiro atoms. The van der Waals surface area contributed by atoms with Gasteiger partial charge in [0.25, 0.3) is 0 Å². The van der Waals surface area contributed by atoms with Gasteiger partial charge in [-0.05, 0) is 24.1 Å². The zero-order valence-electron chi connectivity index (χ0n) is 18.8. The molecule has 2 amide bonds. The first kappa shape index (κ1) is 29.7. The molecule has 0 radical (unpaired) electrons. The number of carboxylic acids is 2. The lowest BCUT2D eigenvalue weighted by atomic mass is 10.0. The van der Waals surface area contributed by atoms with E-state index >= 15 is 0 Å². The molecule has 1 atom stereocenters. The smallest absolute Gasteiger partial charge is 0.481 e. The average Bonchev–Trinajstić information content (AvgIpc) is 2.83. The number of benzene rings is 1. The van der Waals surface area contributed by atoms with Crippen molar-refractivity contribution >= 4 is 29.8 Å². The van der Waals surface area contributed by atoms with E-state index in [9.17, 15) is 27.6 Å². The topological polar surface area (TPSA) is 167 Å². The molecule has 11 nitrogen and oxygen atoms in total. The zero-order valence-corrected chi connectivity index (χ0v) is 18.8. The minimum atomic E-state index is -5.08. The first-order valence-corrected chi connectivity index (χ1v) is 10.4. The van der Waals surface area contributed by atoms with Crippen LogP contribution in [0.3, 0.4) is 0 Å². The molecule has 196 valence electrons. The van der Waals surface area contributed by atoms with E-state index in [-0.39, 0.29) is 19.6 Å². The number of ether oxygens (including phenoxy) is 1. The van der Waals surface area contributed by atoms with Gasteiger partial charge in [-0.25, -0.2) is 14.6 Å². The van der Waals surface area contributed by atoms with Crippen molar-refractivity contribution in [2.45, 2.75) is 25.1 Å². The molecule has 0 bridgehead atoms. The van der Waals surface area contributed by atoms with Gasteiger partial charge in [-0.2, -0.15) is 13.2 Å². The normalized spacial score (nSPS) is 11.2. The molecule has 2 rings (SSSR count). The first-order valence-electron chi connectivity index (χ1n) is 10.4. The molecule has 0 saturated heterocycles. The van der Waals surface area contributed by atoms with Crippen LogP contribution in [-0.2, 0) is 19.1 Å². The molecule has 0 saturated carbocycles. The Morgan fingerprint density at radius 1 is 1.00 bits per heavy atom. The highest BCUT2D eigenvalue weighted by molar-refractivity contribution is 5.83. The Hall–Kier alpha value is -4.36. The third kappa shape index (κ3) is 13.4. The molecule has 2 aromatic rings. The van der Waals surface area contributed by atoms with Gasteiger partial charge in [-0.3, -0.25) is 9.59 Å². The molecule has 36 heavy (non-hydrogen) atoms. The molecule has 5 N–H and O–H groups in total. The number of pyridine rings is 1. The van der Waals surface area contributed by atoms with Crippen LogP contribution in [0.15, 0.2) is 54.7 Å². The number of nitrogens with zero attached hydrogens (tertiary/aromatic N) is 1. The fraction of sp³-hybridized carbons (Fsp3) is 0.318. The van der Waals surface area contributed by atoms with Gasteiger partial charge >= 0.3 is 24.2 Å². The molecule has 1 unspecified atom stereocenters. The Kier molecular flexibility index (Phi) is 12.8. The predicted octanol–water partition coefficient (Wildman–Crippen LogP) is 2.58. The van der Waals surface area contributed by atoms with Crippen LogP contribution in [0.5, 0.6) is 0 Å². The van der Waals surface area contributed by atoms with E-state index in [0.29, 0.717) is 18.5 Å². The van der Waals surface area contributed by atoms with E-state index in [0.717, 1.165) is 5.82 Å². The van der Waals surface area contributed by atoms with Gasteiger partial charge in [0.05, 0.1) is 19.1 Å². The summed E-state index contributed by atoms with van der Waals surface area (Å²) in [5.74, 6) is -3.56. The molecular formula is C22H25F3N4O7. The summed E-state index contributed by atoms with van der Waals surface area (Å²) in [6.45, 7) is 0.450. The lowest BCUT2D eigenvalue weighted by Crippen LogP contribution is -2.39. The van der Waals surface area contributed by atoms with Crippen LogP contribution in [0.25, 0.3) is 0 Å². The number of carboxylic acid groups (broad SMARTS) is 2. The summed E-state index contributed by atoms with van der Waals surface area (Å²) in [4.78, 5) is 47.8. The second kappa shape index (κ2) is 15.5. The average molecular weight is 514 g/mol. The number of amides is 2. The van der Waals surface area contributed by atoms with Crippen LogP contribution in [-0.4, -0.2) is 65.0 Å². The fourth-order valence-corrected chi connectivity index (χ4v) is 2.48. The van der Waals surface area contributed by atoms with E-state index in [1.165, 1.54) is 0 Å². The van der Waals surface area contributed by atoms with E-state index in [2.05, 4.69) is 20.9 Å². The second-order valence-corrected chi connectivity index (χ2v) is 6.92. The number of hydrogen-bond donors (Lipinski definition) is 5. The van der Waals surface area contributed by atoms with E-state index in [4.69, 9.17) is 19.7 Å². The molecule has 1 aromatic heterocycles. The van der Waals surface area contributed by atoms with Crippen molar-refractivity contribution in [3.63, 3.8) is 0 Å². The molecule has 1 heterocycles. The standard InChI is InChI=1S/C20H24N4O5.C2HF3O2/c25-18(24-16(13-19(26)27)15-7-2-1-3-8-15)14-23-20(28)29-12-6-11-22-17-9-4-5-10-21-17;3-2(4,5)1(6)7/h1-5,7-10,16H,6,11-14H2,(H,21,22)(H,23,28)(H,24,25)(H,26,27);(H,6,7). The summed E-state index contributed by atoms with van der Waals surface area (Å²) >= 11 is 0. The highest BCUT2D eigenvalue weighted by Crippen LogP contribution is 2.16. The summed E-state index contributed by atoms with van der Waals surface area (Å²) in [5.41, 5.74) is 0.672. The summed E-state index contributed by atoms with van der Waals surface area (Å²) in [5, 5.41) is 24.2. The highest BCUT2D eigenvalue weighted by atomic mass is 19.4. The van der Waals surface area contributed by atoms with Gasteiger partial charge in [-0.1, -0.05) is 36.4 Å². The van der Waals surface area contributed by atoms with Crippen LogP contribution in [0.4, 0.5) is 23.8 Å². The number of nitrogens with one attached hydrogen (secondary N) is 3. The number of alkyl halides is 3. The maximum atomic E-state index is 12.1. The summed E-state index contributed by atoms with van der Waals surface area (Å²) in [7, 11) is 0. The molecule has 1 aromatic carbocycles. The maximum absolute atomic E-state index is 12.1. The van der Waals surface area contributed by atoms with Crippen molar-refractivity contribution < 1.29 is 47.3 Å². The number of rotatable bonds is 11. The van der Waals surface area contributed by atoms with Crippen molar-refractivity contribution in [3.8, 4) is 0 Å². The Balaban J connectivity index is 0.000000809. The third-order valence-electron chi connectivity index (χ3n) is 4.08. The molecule has 0 fully saturated rings. The quantitative estimate of drug-likeness (QED) is 0.283. The molecule has 0 aliphatic heterocycles. The number of alkyl carbamates (subject to hydrolysis) is 1. The summed E-state index contributed by atoms with van der Waals surface area (Å²) < 4.78 is 36.7. The zero-order chi connectivity index (χ0) is 27.0. The number of carbonyl (C=O) groups excluding carboxylic acids is 2. The Morgan fingerprint density at radius 3 is 2.19 bits per heavy atom. The van der Waals surface area contributed by atoms with Gasteiger partial charge in [0, 0.05) is 12.7 Å². The molecule has 14 heteroatoms. The number of hydrogen-bond acceptors (Lipinski definition) is 7. The van der Waals surface area contributed by atoms with Crippen molar-refractivity contribution in [1.82, 2.24) is 15.6 Å². The van der Waals surface area contributed by atoms with E-state index < -0.39 is 36.2 Å². The Labute approximate surface area is 203 Å². The summed E-state index contributed by atoms with van der Waals surface area (Å²) in [6.07, 6.45) is -3.81. The minimum absolute atomic E-state index is 0.180. The largest absolute Gasteiger partial charge is 0.490 e. The number of aromatic nitrogens is 1. The number of aliphatic carboxylic acids is 2. The van der Waals surface area contributed by atoms with Gasteiger partial charge in [0.1, 0.15) is 12.4 Å². The van der Waals surface area contributed by atoms with Gasteiger partial charge < -0.3 is 30.9 Å². The van der Waals surface area contributed by atoms with Crippen LogP contribution in [0, 0.1) is 0 Å². The summed E-state index contributed by atoms with van der Waals surface area (Å²) in [6, 6.07) is 13.6. The van der Waals surface area contributed by atoms with Gasteiger partial charge in [-0.15, -0.1) is 0 Å². The number of carbonyl (C=O) groups is 4. The van der Waals surface area contributed by atoms with Gasteiger partial charge in [0.2, 0.25) is 5.91 Å². The Morgan fingerprint density at radius 2 is 1.64 bits per heavy atom. The SMILES string of the molecule is O=C(O)C(F)(F)F.O=C(O)CC(NC(=O)CNC(=O)OCCCNc1ccccn1)c1ccccc1. The fourth-order valence-electron chi connectivity index (χ4n) is 2.48. The molecular weight excluding hydrogens is 489 g/mol. The first-order chi connectivity index (χ1) is 17.0. The third-order valence-corrected chi connectivity index (χ3v) is 4.08. The van der Waals surface area contributed by atoms with Crippen LogP contribution in [0.1, 0.15) is 24.4 Å². The van der Waals surface area contributed by atoms with Crippen LogP contribution in [0.2, 0.25) is 0 Å².